The van der Waals surface area contributed by atoms with Crippen LogP contribution in [0.3, 0.4) is 0 Å². The summed E-state index contributed by atoms with van der Waals surface area (Å²) in [4.78, 5) is 0. The lowest BCUT2D eigenvalue weighted by Crippen LogP contribution is -2.41. The van der Waals surface area contributed by atoms with Crippen molar-refractivity contribution in [1.29, 1.82) is 0 Å². The maximum absolute atomic E-state index is 6.88. The zero-order valence-electron chi connectivity index (χ0n) is 18.8. The summed E-state index contributed by atoms with van der Waals surface area (Å²) in [6.45, 7) is 6.80. The Kier molecular flexibility index (Phi) is 14.8. The number of hydrogen-bond donors (Lipinski definition) is 0. The quantitative estimate of drug-likeness (QED) is 0.159. The lowest BCUT2D eigenvalue weighted by molar-refractivity contribution is 0.502. The van der Waals surface area contributed by atoms with Crippen molar-refractivity contribution in [2.24, 2.45) is 0 Å². The average Bonchev–Trinajstić information content (AvgIpc) is 2.68. The Bertz CT molecular complexity index is 511. The molecule has 0 radical (unpaired) electrons. The molecule has 29 heavy (non-hydrogen) atoms. The van der Waals surface area contributed by atoms with Crippen LogP contribution in [0.4, 0.5) is 0 Å². The van der Waals surface area contributed by atoms with E-state index in [2.05, 4.69) is 20.8 Å². The molecule has 0 fully saturated rings. The van der Waals surface area contributed by atoms with Gasteiger partial charge in [-0.2, -0.15) is 0 Å². The van der Waals surface area contributed by atoms with Gasteiger partial charge in [0.25, 0.3) is 8.32 Å². The van der Waals surface area contributed by atoms with E-state index in [9.17, 15) is 0 Å². The Morgan fingerprint density at radius 3 is 1.34 bits per heavy atom. The smallest absolute Gasteiger partial charge is 0.251 e. The lowest BCUT2D eigenvalue weighted by atomic mass is 10.2. The molecule has 0 atom stereocenters. The first-order valence-corrected chi connectivity index (χ1v) is 15.5. The third kappa shape index (κ3) is 10.8. The predicted molar refractivity (Wildman–Crippen MR) is 135 cm³/mol. The van der Waals surface area contributed by atoms with E-state index in [4.69, 9.17) is 39.2 Å². The van der Waals surface area contributed by atoms with Crippen molar-refractivity contribution in [3.05, 3.63) is 27.2 Å². The molecular weight excluding hydrogens is 439 g/mol. The first kappa shape index (κ1) is 27.1. The van der Waals surface area contributed by atoms with Gasteiger partial charge in [0.15, 0.2) is 0 Å². The van der Waals surface area contributed by atoms with Gasteiger partial charge < -0.3 is 4.43 Å². The molecule has 1 aromatic carbocycles. The maximum Gasteiger partial charge on any atom is 0.251 e. The Labute approximate surface area is 196 Å². The van der Waals surface area contributed by atoms with Crippen LogP contribution in [0.2, 0.25) is 33.2 Å². The molecule has 0 aliphatic carbocycles. The van der Waals surface area contributed by atoms with Crippen molar-refractivity contribution >= 4 is 43.1 Å². The van der Waals surface area contributed by atoms with Crippen LogP contribution >= 0.6 is 34.8 Å². The van der Waals surface area contributed by atoms with Gasteiger partial charge in [-0.1, -0.05) is 133 Å². The molecule has 0 spiro atoms. The van der Waals surface area contributed by atoms with Crippen LogP contribution in [0.15, 0.2) is 12.1 Å². The molecule has 0 N–H and O–H groups in total. The van der Waals surface area contributed by atoms with Gasteiger partial charge in [-0.05, 0) is 30.3 Å². The molecule has 0 heterocycles. The molecule has 1 rings (SSSR count). The number of hydrogen-bond acceptors (Lipinski definition) is 1. The van der Waals surface area contributed by atoms with Crippen molar-refractivity contribution in [3.63, 3.8) is 0 Å². The molecule has 0 saturated carbocycles. The minimum Gasteiger partial charge on any atom is -0.541 e. The fourth-order valence-electron chi connectivity index (χ4n) is 3.99. The van der Waals surface area contributed by atoms with E-state index in [-0.39, 0.29) is 0 Å². The van der Waals surface area contributed by atoms with Crippen LogP contribution in [-0.2, 0) is 0 Å². The van der Waals surface area contributed by atoms with Crippen molar-refractivity contribution < 1.29 is 4.43 Å². The van der Waals surface area contributed by atoms with E-state index >= 15 is 0 Å². The summed E-state index contributed by atoms with van der Waals surface area (Å²) in [6, 6.07) is 7.14. The van der Waals surface area contributed by atoms with Gasteiger partial charge in [-0.15, -0.1) is 0 Å². The van der Waals surface area contributed by atoms with Gasteiger partial charge in [0, 0.05) is 5.02 Å². The summed E-state index contributed by atoms with van der Waals surface area (Å²) in [5.41, 5.74) is 0. The Morgan fingerprint density at radius 1 is 0.621 bits per heavy atom. The van der Waals surface area contributed by atoms with E-state index in [1.807, 2.05) is 0 Å². The zero-order valence-corrected chi connectivity index (χ0v) is 22.1. The van der Waals surface area contributed by atoms with Crippen LogP contribution < -0.4 is 4.43 Å². The molecule has 0 saturated heterocycles. The molecule has 0 bridgehead atoms. The van der Waals surface area contributed by atoms with E-state index in [1.54, 1.807) is 12.1 Å². The summed E-state index contributed by atoms with van der Waals surface area (Å²) in [5, 5.41) is 1.67. The molecule has 0 aromatic heterocycles. The molecule has 1 nitrogen and oxygen atoms in total. The second-order valence-corrected chi connectivity index (χ2v) is 13.7. The van der Waals surface area contributed by atoms with Gasteiger partial charge in [0.05, 0.1) is 10.0 Å². The molecule has 0 aliphatic heterocycles. The maximum atomic E-state index is 6.88. The monoisotopic (exact) mass is 478 g/mol. The first-order chi connectivity index (χ1) is 14.0. The molecule has 5 heteroatoms. The highest BCUT2D eigenvalue weighted by Crippen LogP contribution is 2.41. The van der Waals surface area contributed by atoms with E-state index in [0.29, 0.717) is 20.8 Å². The molecular formula is C24H41Cl3OSi. The number of halogens is 3. The Balaban J connectivity index is 3.03. The number of unbranched alkanes of at least 4 members (excludes halogenated alkanes) is 9. The topological polar surface area (TPSA) is 9.23 Å². The van der Waals surface area contributed by atoms with Gasteiger partial charge in [-0.25, -0.2) is 0 Å². The lowest BCUT2D eigenvalue weighted by Gasteiger charge is -2.33. The third-order valence-electron chi connectivity index (χ3n) is 5.74. The fraction of sp³-hybridized carbons (Fsp3) is 0.750. The second kappa shape index (κ2) is 15.8. The molecule has 0 unspecified atom stereocenters. The van der Waals surface area contributed by atoms with Gasteiger partial charge in [0.1, 0.15) is 5.75 Å². The average molecular weight is 480 g/mol. The summed E-state index contributed by atoms with van der Waals surface area (Å²) >= 11 is 19.2. The van der Waals surface area contributed by atoms with Crippen molar-refractivity contribution in [2.75, 3.05) is 0 Å². The van der Waals surface area contributed by atoms with Crippen molar-refractivity contribution in [2.45, 2.75) is 116 Å². The van der Waals surface area contributed by atoms with Gasteiger partial charge in [0.2, 0.25) is 0 Å². The van der Waals surface area contributed by atoms with E-state index in [0.717, 1.165) is 0 Å². The van der Waals surface area contributed by atoms with Gasteiger partial charge >= 0.3 is 0 Å². The SMILES string of the molecule is CCCCCC[Si](CCCCCC)(CCCCCC)Oc1c(Cl)cc(Cl)cc1Cl. The van der Waals surface area contributed by atoms with Gasteiger partial charge in [-0.3, -0.25) is 0 Å². The Hall–Kier alpha value is 0.107. The fourth-order valence-corrected chi connectivity index (χ4v) is 9.41. The summed E-state index contributed by atoms with van der Waals surface area (Å²) < 4.78 is 6.88. The summed E-state index contributed by atoms with van der Waals surface area (Å²) in [5.74, 6) is 0.672. The van der Waals surface area contributed by atoms with Crippen LogP contribution in [-0.4, -0.2) is 8.32 Å². The highest BCUT2D eigenvalue weighted by atomic mass is 35.5. The summed E-state index contributed by atoms with van der Waals surface area (Å²) in [7, 11) is -1.98. The normalized spacial score (nSPS) is 11.8. The van der Waals surface area contributed by atoms with E-state index in [1.165, 1.54) is 95.2 Å². The first-order valence-electron chi connectivity index (χ1n) is 11.8. The predicted octanol–water partition coefficient (Wildman–Crippen LogP) is 10.7. The minimum atomic E-state index is -1.98. The minimum absolute atomic E-state index is 0.551. The van der Waals surface area contributed by atoms with Crippen LogP contribution in [0, 0.1) is 0 Å². The van der Waals surface area contributed by atoms with Crippen LogP contribution in [0.25, 0.3) is 0 Å². The van der Waals surface area contributed by atoms with Crippen molar-refractivity contribution in [3.8, 4) is 5.75 Å². The van der Waals surface area contributed by atoms with E-state index < -0.39 is 8.32 Å². The standard InChI is InChI=1S/C24H41Cl3OSi/c1-4-7-10-13-16-29(17-14-11-8-5-2,18-15-12-9-6-3)28-24-22(26)19-21(25)20-23(24)27/h19-20H,4-18H2,1-3H3. The summed E-state index contributed by atoms with van der Waals surface area (Å²) in [6.07, 6.45) is 15.3. The Morgan fingerprint density at radius 2 is 1.00 bits per heavy atom. The highest BCUT2D eigenvalue weighted by molar-refractivity contribution is 6.74. The van der Waals surface area contributed by atoms with Crippen LogP contribution in [0.5, 0.6) is 5.75 Å². The number of rotatable bonds is 17. The second-order valence-electron chi connectivity index (χ2n) is 8.42. The zero-order chi connectivity index (χ0) is 21.5. The highest BCUT2D eigenvalue weighted by Gasteiger charge is 2.36. The third-order valence-corrected chi connectivity index (χ3v) is 11.0. The van der Waals surface area contributed by atoms with Crippen molar-refractivity contribution in [1.82, 2.24) is 0 Å². The molecule has 168 valence electrons. The molecule has 0 amide bonds. The molecule has 1 aromatic rings. The number of benzene rings is 1. The van der Waals surface area contributed by atoms with Crippen LogP contribution in [0.1, 0.15) is 97.8 Å². The molecule has 0 aliphatic rings. The largest absolute Gasteiger partial charge is 0.541 e.